The van der Waals surface area contributed by atoms with Crippen LogP contribution in [0.4, 0.5) is 0 Å². The van der Waals surface area contributed by atoms with Gasteiger partial charge in [-0.05, 0) is 18.2 Å². The number of nitriles is 1. The summed E-state index contributed by atoms with van der Waals surface area (Å²) in [5.41, 5.74) is 6.44. The monoisotopic (exact) mass is 192 g/mol. The van der Waals surface area contributed by atoms with Gasteiger partial charge in [0, 0.05) is 5.56 Å². The molecule has 0 amide bonds. The van der Waals surface area contributed by atoms with Crippen LogP contribution in [0.2, 0.25) is 0 Å². The van der Waals surface area contributed by atoms with Crippen molar-refractivity contribution in [3.8, 4) is 11.8 Å². The minimum absolute atomic E-state index is 0.221. The van der Waals surface area contributed by atoms with Gasteiger partial charge in [0.15, 0.2) is 0 Å². The van der Waals surface area contributed by atoms with Crippen LogP contribution in [0, 0.1) is 11.3 Å². The second-order valence-corrected chi connectivity index (χ2v) is 2.83. The highest BCUT2D eigenvalue weighted by Gasteiger charge is 2.05. The molecule has 0 aliphatic heterocycles. The van der Waals surface area contributed by atoms with E-state index in [1.165, 1.54) is 7.11 Å². The van der Waals surface area contributed by atoms with Crippen LogP contribution in [-0.4, -0.2) is 12.1 Å². The van der Waals surface area contributed by atoms with E-state index in [2.05, 4.69) is 0 Å². The number of methoxy groups -OCH3 is 1. The highest BCUT2D eigenvalue weighted by Crippen LogP contribution is 2.16. The lowest BCUT2D eigenvalue weighted by Crippen LogP contribution is -2.11. The van der Waals surface area contributed by atoms with Crippen LogP contribution in [0.5, 0.6) is 5.75 Å². The number of ether oxygens (including phenoxy) is 1. The maximum Gasteiger partial charge on any atom is 0.120 e. The lowest BCUT2D eigenvalue weighted by Gasteiger charge is -2.03. The van der Waals surface area contributed by atoms with Gasteiger partial charge in [-0.25, -0.2) is 0 Å². The number of hydrogen-bond donors (Lipinski definition) is 1. The molecule has 1 aromatic carbocycles. The van der Waals surface area contributed by atoms with E-state index in [0.29, 0.717) is 16.9 Å². The Hall–Kier alpha value is -1.60. The van der Waals surface area contributed by atoms with Crippen molar-refractivity contribution in [2.24, 2.45) is 5.73 Å². The van der Waals surface area contributed by atoms with Crippen molar-refractivity contribution in [2.45, 2.75) is 0 Å². The van der Waals surface area contributed by atoms with Crippen molar-refractivity contribution < 1.29 is 4.74 Å². The molecule has 0 fully saturated rings. The highest BCUT2D eigenvalue weighted by molar-refractivity contribution is 7.80. The molecule has 66 valence electrons. The van der Waals surface area contributed by atoms with Gasteiger partial charge >= 0.3 is 0 Å². The van der Waals surface area contributed by atoms with Crippen molar-refractivity contribution in [3.05, 3.63) is 29.3 Å². The van der Waals surface area contributed by atoms with Crippen LogP contribution in [0.3, 0.4) is 0 Å². The first-order valence-electron chi connectivity index (χ1n) is 3.57. The van der Waals surface area contributed by atoms with Gasteiger partial charge in [0.25, 0.3) is 0 Å². The Morgan fingerprint density at radius 1 is 1.62 bits per heavy atom. The van der Waals surface area contributed by atoms with E-state index in [9.17, 15) is 0 Å². The molecule has 3 nitrogen and oxygen atoms in total. The molecule has 0 aliphatic carbocycles. The Morgan fingerprint density at radius 3 is 2.77 bits per heavy atom. The van der Waals surface area contributed by atoms with Crippen LogP contribution in [0.25, 0.3) is 0 Å². The molecule has 2 N–H and O–H groups in total. The van der Waals surface area contributed by atoms with Crippen molar-refractivity contribution in [2.75, 3.05) is 7.11 Å². The average Bonchev–Trinajstić information content (AvgIpc) is 2.16. The maximum absolute atomic E-state index is 8.77. The molecule has 0 aromatic heterocycles. The zero-order chi connectivity index (χ0) is 9.84. The first-order valence-corrected chi connectivity index (χ1v) is 3.98. The molecule has 0 aliphatic rings. The Morgan fingerprint density at radius 2 is 2.31 bits per heavy atom. The average molecular weight is 192 g/mol. The van der Waals surface area contributed by atoms with Gasteiger partial charge in [0.05, 0.1) is 18.7 Å². The molecule has 0 bridgehead atoms. The lowest BCUT2D eigenvalue weighted by atomic mass is 10.1. The van der Waals surface area contributed by atoms with Crippen molar-refractivity contribution in [1.29, 1.82) is 5.26 Å². The summed E-state index contributed by atoms with van der Waals surface area (Å²) in [5.74, 6) is 0.622. The van der Waals surface area contributed by atoms with E-state index >= 15 is 0 Å². The topological polar surface area (TPSA) is 59.0 Å². The summed E-state index contributed by atoms with van der Waals surface area (Å²) < 4.78 is 4.96. The number of rotatable bonds is 2. The zero-order valence-corrected chi connectivity index (χ0v) is 7.89. The Kier molecular flexibility index (Phi) is 2.83. The first kappa shape index (κ1) is 9.49. The third-order valence-corrected chi connectivity index (χ3v) is 1.83. The fourth-order valence-electron chi connectivity index (χ4n) is 0.958. The second kappa shape index (κ2) is 3.87. The molecule has 1 aromatic rings. The number of nitrogens with zero attached hydrogens (tertiary/aromatic N) is 1. The molecule has 13 heavy (non-hydrogen) atoms. The van der Waals surface area contributed by atoms with E-state index in [-0.39, 0.29) is 4.99 Å². The molecular formula is C9H8N2OS. The predicted octanol–water partition coefficient (Wildman–Crippen LogP) is 1.20. The normalized spacial score (nSPS) is 8.92. The zero-order valence-electron chi connectivity index (χ0n) is 7.07. The van der Waals surface area contributed by atoms with Gasteiger partial charge in [-0.2, -0.15) is 5.26 Å². The first-order chi connectivity index (χ1) is 6.19. The minimum Gasteiger partial charge on any atom is -0.497 e. The molecule has 4 heteroatoms. The molecule has 1 rings (SSSR count). The summed E-state index contributed by atoms with van der Waals surface area (Å²) in [6.07, 6.45) is 0. The van der Waals surface area contributed by atoms with Gasteiger partial charge in [-0.3, -0.25) is 0 Å². The Labute approximate surface area is 81.7 Å². The van der Waals surface area contributed by atoms with Crippen LogP contribution in [0.1, 0.15) is 11.1 Å². The van der Waals surface area contributed by atoms with E-state index in [4.69, 9.17) is 28.0 Å². The summed E-state index contributed by atoms with van der Waals surface area (Å²) in [6.45, 7) is 0. The molecule has 0 saturated heterocycles. The Balaban J connectivity index is 3.26. The van der Waals surface area contributed by atoms with Crippen LogP contribution in [-0.2, 0) is 0 Å². The van der Waals surface area contributed by atoms with Gasteiger partial charge in [-0.1, -0.05) is 12.2 Å². The fraction of sp³-hybridized carbons (Fsp3) is 0.111. The molecule has 0 atom stereocenters. The van der Waals surface area contributed by atoms with Gasteiger partial charge in [0.2, 0.25) is 0 Å². The SMILES string of the molecule is COc1ccc(C(N)=S)c(C#N)c1. The number of thiocarbonyl (C=S) groups is 1. The van der Waals surface area contributed by atoms with Crippen LogP contribution >= 0.6 is 12.2 Å². The summed E-state index contributed by atoms with van der Waals surface area (Å²) >= 11 is 4.78. The Bertz CT molecular complexity index is 382. The summed E-state index contributed by atoms with van der Waals surface area (Å²) in [6, 6.07) is 7.01. The molecule has 0 spiro atoms. The third kappa shape index (κ3) is 1.95. The minimum atomic E-state index is 0.221. The second-order valence-electron chi connectivity index (χ2n) is 2.39. The van der Waals surface area contributed by atoms with Gasteiger partial charge in [-0.15, -0.1) is 0 Å². The smallest absolute Gasteiger partial charge is 0.120 e. The van der Waals surface area contributed by atoms with E-state index in [0.717, 1.165) is 0 Å². The fourth-order valence-corrected chi connectivity index (χ4v) is 1.14. The standard InChI is InChI=1S/C9H8N2OS/c1-12-7-2-3-8(9(11)13)6(4-7)5-10/h2-4H,1H3,(H2,11,13). The van der Waals surface area contributed by atoms with Gasteiger partial charge in [0.1, 0.15) is 10.7 Å². The van der Waals surface area contributed by atoms with E-state index in [1.54, 1.807) is 18.2 Å². The van der Waals surface area contributed by atoms with Gasteiger partial charge < -0.3 is 10.5 Å². The van der Waals surface area contributed by atoms with Crippen LogP contribution < -0.4 is 10.5 Å². The highest BCUT2D eigenvalue weighted by atomic mass is 32.1. The summed E-state index contributed by atoms with van der Waals surface area (Å²) in [7, 11) is 1.54. The summed E-state index contributed by atoms with van der Waals surface area (Å²) in [5, 5.41) is 8.77. The number of benzene rings is 1. The van der Waals surface area contributed by atoms with Crippen LogP contribution in [0.15, 0.2) is 18.2 Å². The van der Waals surface area contributed by atoms with E-state index in [1.807, 2.05) is 6.07 Å². The quantitative estimate of drug-likeness (QED) is 0.715. The van der Waals surface area contributed by atoms with E-state index < -0.39 is 0 Å². The molecule has 0 saturated carbocycles. The largest absolute Gasteiger partial charge is 0.497 e. The number of hydrogen-bond acceptors (Lipinski definition) is 3. The third-order valence-electron chi connectivity index (χ3n) is 1.61. The molecule has 0 heterocycles. The van der Waals surface area contributed by atoms with Crippen molar-refractivity contribution >= 4 is 17.2 Å². The predicted molar refractivity (Wildman–Crippen MR) is 53.6 cm³/mol. The summed E-state index contributed by atoms with van der Waals surface area (Å²) in [4.78, 5) is 0.221. The lowest BCUT2D eigenvalue weighted by molar-refractivity contribution is 0.414. The molecule has 0 radical (unpaired) electrons. The van der Waals surface area contributed by atoms with Crippen molar-refractivity contribution in [1.82, 2.24) is 0 Å². The molecular weight excluding hydrogens is 184 g/mol. The maximum atomic E-state index is 8.77. The number of nitrogens with two attached hydrogens (primary N) is 1. The van der Waals surface area contributed by atoms with Crippen molar-refractivity contribution in [3.63, 3.8) is 0 Å². The molecule has 0 unspecified atom stereocenters.